The molecule has 0 aliphatic heterocycles. The lowest BCUT2D eigenvalue weighted by atomic mass is 10.0. The lowest BCUT2D eigenvalue weighted by Crippen LogP contribution is -2.00. The summed E-state index contributed by atoms with van der Waals surface area (Å²) < 4.78 is 57.1. The quantitative estimate of drug-likeness (QED) is 0.362. The number of aryl methyl sites for hydroxylation is 1. The van der Waals surface area contributed by atoms with Crippen LogP contribution in [0.1, 0.15) is 5.56 Å². The van der Waals surface area contributed by atoms with Gasteiger partial charge in [0.25, 0.3) is 10.1 Å². The summed E-state index contributed by atoms with van der Waals surface area (Å²) >= 11 is 0. The largest absolute Gasteiger partial charge is 0.505 e. The summed E-state index contributed by atoms with van der Waals surface area (Å²) in [6.07, 6.45) is 0. The molecule has 31 heavy (non-hydrogen) atoms. The van der Waals surface area contributed by atoms with Gasteiger partial charge < -0.3 is 10.4 Å². The molecule has 0 saturated carbocycles. The molecule has 0 amide bonds. The van der Waals surface area contributed by atoms with E-state index in [9.17, 15) is 26.5 Å². The number of aromatic hydroxyl groups is 1. The summed E-state index contributed by atoms with van der Waals surface area (Å²) in [7, 11) is -6.71. The molecule has 0 fully saturated rings. The minimum atomic E-state index is -4.74. The van der Waals surface area contributed by atoms with Crippen LogP contribution in [0.25, 0.3) is 10.8 Å². The fraction of sp³-hybridized carbons (Fsp3) is 0.100. The second-order valence-corrected chi connectivity index (χ2v) is 9.90. The Morgan fingerprint density at radius 2 is 1.68 bits per heavy atom. The molecule has 11 heteroatoms. The van der Waals surface area contributed by atoms with Crippen molar-refractivity contribution >= 4 is 47.8 Å². The van der Waals surface area contributed by atoms with E-state index in [1.165, 1.54) is 30.3 Å². The number of nitrogens with zero attached hydrogens (tertiary/aromatic N) is 2. The van der Waals surface area contributed by atoms with Crippen LogP contribution in [0.2, 0.25) is 0 Å². The van der Waals surface area contributed by atoms with E-state index in [-0.39, 0.29) is 10.6 Å². The normalized spacial score (nSPS) is 12.4. The Kier molecular flexibility index (Phi) is 5.85. The molecule has 0 spiro atoms. The number of fused-ring (bicyclic) bond motifs is 1. The molecule has 0 aliphatic rings. The van der Waals surface area contributed by atoms with Crippen molar-refractivity contribution in [3.8, 4) is 5.75 Å². The molecule has 3 aromatic carbocycles. The minimum Gasteiger partial charge on any atom is -0.505 e. The molecule has 0 unspecified atom stereocenters. The zero-order valence-corrected chi connectivity index (χ0v) is 18.2. The number of nitrogens with one attached hydrogen (secondary N) is 1. The van der Waals surface area contributed by atoms with Gasteiger partial charge in [-0.1, -0.05) is 12.6 Å². The van der Waals surface area contributed by atoms with Crippen molar-refractivity contribution in [1.29, 1.82) is 0 Å². The average Bonchev–Trinajstić information content (AvgIpc) is 2.71. The molecule has 0 radical (unpaired) electrons. The number of azo groups is 1. The van der Waals surface area contributed by atoms with Gasteiger partial charge in [-0.2, -0.15) is 13.5 Å². The summed E-state index contributed by atoms with van der Waals surface area (Å²) in [5.74, 6) is -0.482. The van der Waals surface area contributed by atoms with Crippen LogP contribution in [0.4, 0.5) is 17.1 Å². The maximum absolute atomic E-state index is 11.9. The Balaban J connectivity index is 2.20. The molecule has 0 saturated heterocycles. The average molecular weight is 462 g/mol. The van der Waals surface area contributed by atoms with Crippen molar-refractivity contribution < 1.29 is 26.5 Å². The molecular formula is C20H19N3O6S2. The van der Waals surface area contributed by atoms with Crippen molar-refractivity contribution in [3.05, 3.63) is 60.0 Å². The zero-order valence-electron chi connectivity index (χ0n) is 16.6. The van der Waals surface area contributed by atoms with Crippen LogP contribution in [-0.4, -0.2) is 33.5 Å². The number of sulfone groups is 1. The third-order valence-corrected chi connectivity index (χ3v) is 6.73. The third kappa shape index (κ3) is 4.43. The zero-order chi connectivity index (χ0) is 23.0. The molecule has 0 heterocycles. The fourth-order valence-electron chi connectivity index (χ4n) is 3.03. The van der Waals surface area contributed by atoms with Crippen LogP contribution in [0.15, 0.2) is 74.5 Å². The Hall–Kier alpha value is -3.28. The van der Waals surface area contributed by atoms with Crippen molar-refractivity contribution in [2.45, 2.75) is 16.7 Å². The predicted octanol–water partition coefficient (Wildman–Crippen LogP) is 4.47. The Labute approximate surface area is 179 Å². The first-order chi connectivity index (χ1) is 14.5. The van der Waals surface area contributed by atoms with Crippen LogP contribution >= 0.6 is 0 Å². The van der Waals surface area contributed by atoms with Gasteiger partial charge in [0.2, 0.25) is 0 Å². The first kappa shape index (κ1) is 22.4. The SMILES string of the molecule is C=CS(=O)(=O)c1ccc(N=Nc2c(S(=O)(=O)O)cc3cc(C)cc(NC)c3c2O)cc1. The smallest absolute Gasteiger partial charge is 0.296 e. The number of hydrogen-bond acceptors (Lipinski definition) is 8. The lowest BCUT2D eigenvalue weighted by Gasteiger charge is -2.13. The molecule has 0 bridgehead atoms. The molecule has 3 N–H and O–H groups in total. The van der Waals surface area contributed by atoms with E-state index in [1.807, 2.05) is 0 Å². The highest BCUT2D eigenvalue weighted by Crippen LogP contribution is 2.44. The third-order valence-electron chi connectivity index (χ3n) is 4.49. The van der Waals surface area contributed by atoms with Gasteiger partial charge in [-0.05, 0) is 54.3 Å². The van der Waals surface area contributed by atoms with Crippen molar-refractivity contribution in [3.63, 3.8) is 0 Å². The van der Waals surface area contributed by atoms with Crippen LogP contribution < -0.4 is 5.32 Å². The molecule has 3 aromatic rings. The molecule has 162 valence electrons. The summed E-state index contributed by atoms with van der Waals surface area (Å²) in [5, 5.41) is 23.0. The van der Waals surface area contributed by atoms with Gasteiger partial charge in [0.15, 0.2) is 15.6 Å². The lowest BCUT2D eigenvalue weighted by molar-refractivity contribution is 0.472. The maximum Gasteiger partial charge on any atom is 0.296 e. The minimum absolute atomic E-state index is 0.00246. The topological polar surface area (TPSA) is 145 Å². The first-order valence-electron chi connectivity index (χ1n) is 8.83. The highest BCUT2D eigenvalue weighted by molar-refractivity contribution is 7.94. The van der Waals surface area contributed by atoms with E-state index in [0.717, 1.165) is 11.0 Å². The fourth-order valence-corrected chi connectivity index (χ4v) is 4.40. The molecule has 0 aliphatic carbocycles. The number of phenolic OH excluding ortho intramolecular Hbond substituents is 1. The van der Waals surface area contributed by atoms with Crippen molar-refractivity contribution in [2.24, 2.45) is 10.2 Å². The number of hydrogen-bond donors (Lipinski definition) is 3. The Morgan fingerprint density at radius 1 is 1.03 bits per heavy atom. The van der Waals surface area contributed by atoms with E-state index in [4.69, 9.17) is 0 Å². The van der Waals surface area contributed by atoms with Crippen LogP contribution in [0.5, 0.6) is 5.75 Å². The van der Waals surface area contributed by atoms with Crippen molar-refractivity contribution in [2.75, 3.05) is 12.4 Å². The Bertz CT molecular complexity index is 1430. The predicted molar refractivity (Wildman–Crippen MR) is 118 cm³/mol. The molecule has 0 aromatic heterocycles. The summed E-state index contributed by atoms with van der Waals surface area (Å²) in [5.41, 5.74) is 1.09. The highest BCUT2D eigenvalue weighted by atomic mass is 32.2. The molecule has 3 rings (SSSR count). The van der Waals surface area contributed by atoms with Crippen LogP contribution in [0, 0.1) is 6.92 Å². The van der Waals surface area contributed by atoms with Crippen LogP contribution in [-0.2, 0) is 20.0 Å². The van der Waals surface area contributed by atoms with E-state index in [0.29, 0.717) is 16.5 Å². The molecule has 0 atom stereocenters. The number of rotatable bonds is 6. The van der Waals surface area contributed by atoms with Gasteiger partial charge in [0, 0.05) is 23.5 Å². The van der Waals surface area contributed by atoms with Gasteiger partial charge in [0.1, 0.15) is 10.6 Å². The Morgan fingerprint density at radius 3 is 2.23 bits per heavy atom. The number of anilines is 1. The van der Waals surface area contributed by atoms with E-state index < -0.39 is 36.3 Å². The van der Waals surface area contributed by atoms with Gasteiger partial charge in [0.05, 0.1) is 10.6 Å². The van der Waals surface area contributed by atoms with Gasteiger partial charge in [-0.15, -0.1) is 5.11 Å². The summed E-state index contributed by atoms with van der Waals surface area (Å²) in [4.78, 5) is -0.609. The number of phenols is 1. The summed E-state index contributed by atoms with van der Waals surface area (Å²) in [6, 6.07) is 9.90. The highest BCUT2D eigenvalue weighted by Gasteiger charge is 2.23. The van der Waals surface area contributed by atoms with E-state index in [2.05, 4.69) is 22.1 Å². The van der Waals surface area contributed by atoms with E-state index in [1.54, 1.807) is 26.1 Å². The maximum atomic E-state index is 11.9. The number of benzene rings is 3. The molecular weight excluding hydrogens is 442 g/mol. The van der Waals surface area contributed by atoms with Gasteiger partial charge in [-0.25, -0.2) is 8.42 Å². The van der Waals surface area contributed by atoms with Gasteiger partial charge >= 0.3 is 0 Å². The monoisotopic (exact) mass is 461 g/mol. The molecule has 9 nitrogen and oxygen atoms in total. The van der Waals surface area contributed by atoms with Gasteiger partial charge in [-0.3, -0.25) is 4.55 Å². The van der Waals surface area contributed by atoms with E-state index >= 15 is 0 Å². The van der Waals surface area contributed by atoms with Crippen molar-refractivity contribution in [1.82, 2.24) is 0 Å². The first-order valence-corrected chi connectivity index (χ1v) is 11.8. The summed E-state index contributed by atoms with van der Waals surface area (Å²) in [6.45, 7) is 5.05. The second-order valence-electron chi connectivity index (χ2n) is 6.61. The second kappa shape index (κ2) is 8.10. The standard InChI is InChI=1S/C20H19N3O6S2/c1-4-30(25,26)15-7-5-14(6-8-15)22-23-19-17(31(27,28)29)11-13-9-12(2)10-16(21-3)18(13)20(19)24/h4-11,21,24H,1H2,2-3H3,(H,27,28,29). The van der Waals surface area contributed by atoms with Crippen LogP contribution in [0.3, 0.4) is 0 Å².